The molecular formula is C18H15N5O2. The molecule has 0 saturated heterocycles. The van der Waals surface area contributed by atoms with Crippen molar-refractivity contribution in [2.75, 3.05) is 4.90 Å². The Bertz CT molecular complexity index is 1010. The number of carbonyl (C=O) groups excluding carboxylic acids is 1. The van der Waals surface area contributed by atoms with Crippen molar-refractivity contribution in [3.8, 4) is 0 Å². The number of aromatic nitrogens is 4. The minimum absolute atomic E-state index is 0.0946. The van der Waals surface area contributed by atoms with Crippen molar-refractivity contribution in [3.05, 3.63) is 78.3 Å². The predicted octanol–water partition coefficient (Wildman–Crippen LogP) is 2.87. The van der Waals surface area contributed by atoms with Gasteiger partial charge in [0.05, 0.1) is 12.8 Å². The van der Waals surface area contributed by atoms with Crippen molar-refractivity contribution in [2.24, 2.45) is 0 Å². The van der Waals surface area contributed by atoms with E-state index in [-0.39, 0.29) is 18.3 Å². The molecule has 7 heteroatoms. The van der Waals surface area contributed by atoms with Crippen LogP contribution in [0.2, 0.25) is 0 Å². The summed E-state index contributed by atoms with van der Waals surface area (Å²) in [5, 5.41) is 4.31. The number of rotatable bonds is 4. The van der Waals surface area contributed by atoms with Gasteiger partial charge in [-0.15, -0.1) is 5.10 Å². The van der Waals surface area contributed by atoms with E-state index in [2.05, 4.69) is 15.1 Å². The summed E-state index contributed by atoms with van der Waals surface area (Å²) in [5.74, 6) is 0.856. The summed E-state index contributed by atoms with van der Waals surface area (Å²) in [6.07, 6.45) is 3.23. The van der Waals surface area contributed by atoms with E-state index in [4.69, 9.17) is 4.42 Å². The Balaban J connectivity index is 1.74. The summed E-state index contributed by atoms with van der Waals surface area (Å²) in [4.78, 5) is 23.1. The van der Waals surface area contributed by atoms with Crippen LogP contribution in [-0.4, -0.2) is 25.5 Å². The van der Waals surface area contributed by atoms with Crippen molar-refractivity contribution in [2.45, 2.75) is 13.5 Å². The largest absolute Gasteiger partial charge is 0.467 e. The lowest BCUT2D eigenvalue weighted by atomic mass is 10.2. The molecule has 0 aliphatic carbocycles. The number of aryl methyl sites for hydroxylation is 1. The normalized spacial score (nSPS) is 10.9. The molecule has 0 spiro atoms. The quantitative estimate of drug-likeness (QED) is 0.574. The van der Waals surface area contributed by atoms with Crippen LogP contribution in [0, 0.1) is 6.92 Å². The van der Waals surface area contributed by atoms with Crippen LogP contribution in [0.1, 0.15) is 22.1 Å². The average molecular weight is 333 g/mol. The summed E-state index contributed by atoms with van der Waals surface area (Å²) in [5.41, 5.74) is 1.60. The van der Waals surface area contributed by atoms with E-state index < -0.39 is 0 Å². The molecule has 0 saturated carbocycles. The maximum Gasteiger partial charge on any atom is 0.298 e. The smallest absolute Gasteiger partial charge is 0.298 e. The molecule has 0 fully saturated rings. The number of para-hydroxylation sites is 1. The molecule has 0 bridgehead atoms. The minimum atomic E-state index is -0.312. The van der Waals surface area contributed by atoms with Crippen LogP contribution in [0.25, 0.3) is 5.78 Å². The molecule has 0 aliphatic rings. The van der Waals surface area contributed by atoms with Crippen LogP contribution in [0.5, 0.6) is 0 Å². The average Bonchev–Trinajstić information content (AvgIpc) is 3.30. The third-order valence-corrected chi connectivity index (χ3v) is 3.83. The highest BCUT2D eigenvalue weighted by Gasteiger charge is 2.23. The number of fused-ring (bicyclic) bond motifs is 1. The highest BCUT2D eigenvalue weighted by Crippen LogP contribution is 2.19. The highest BCUT2D eigenvalue weighted by molar-refractivity contribution is 6.03. The molecule has 1 amide bonds. The lowest BCUT2D eigenvalue weighted by Gasteiger charge is -2.20. The Hall–Kier alpha value is -3.48. The van der Waals surface area contributed by atoms with E-state index in [0.717, 1.165) is 11.4 Å². The van der Waals surface area contributed by atoms with Gasteiger partial charge in [0.2, 0.25) is 5.82 Å². The van der Waals surface area contributed by atoms with Crippen molar-refractivity contribution in [1.29, 1.82) is 0 Å². The van der Waals surface area contributed by atoms with Gasteiger partial charge in [-0.05, 0) is 37.3 Å². The SMILES string of the molecule is Cc1ccnc2nc(C(=O)N(Cc3ccco3)c3ccccc3)nn12. The first-order valence-electron chi connectivity index (χ1n) is 7.80. The Morgan fingerprint density at radius 3 is 2.72 bits per heavy atom. The van der Waals surface area contributed by atoms with Crippen LogP contribution in [0.15, 0.2) is 65.4 Å². The summed E-state index contributed by atoms with van der Waals surface area (Å²) < 4.78 is 6.96. The van der Waals surface area contributed by atoms with Crippen molar-refractivity contribution >= 4 is 17.4 Å². The number of furan rings is 1. The third-order valence-electron chi connectivity index (χ3n) is 3.83. The molecule has 3 aromatic heterocycles. The zero-order valence-electron chi connectivity index (χ0n) is 13.5. The number of carbonyl (C=O) groups is 1. The summed E-state index contributed by atoms with van der Waals surface area (Å²) in [7, 11) is 0. The standard InChI is InChI=1S/C18H15N5O2/c1-13-9-10-19-18-20-16(21-23(13)18)17(24)22(12-15-8-5-11-25-15)14-6-3-2-4-7-14/h2-11H,12H2,1H3. The number of hydrogen-bond donors (Lipinski definition) is 0. The van der Waals surface area contributed by atoms with Crippen LogP contribution in [0.3, 0.4) is 0 Å². The molecule has 0 unspecified atom stereocenters. The molecule has 1 aromatic carbocycles. The van der Waals surface area contributed by atoms with Crippen LogP contribution in [-0.2, 0) is 6.54 Å². The molecule has 4 rings (SSSR count). The van der Waals surface area contributed by atoms with E-state index in [9.17, 15) is 4.79 Å². The summed E-state index contributed by atoms with van der Waals surface area (Å²) in [6, 6.07) is 14.8. The van der Waals surface area contributed by atoms with Gasteiger partial charge in [0.15, 0.2) is 0 Å². The predicted molar refractivity (Wildman–Crippen MR) is 91.2 cm³/mol. The van der Waals surface area contributed by atoms with Crippen molar-refractivity contribution in [1.82, 2.24) is 19.6 Å². The van der Waals surface area contributed by atoms with Gasteiger partial charge in [0.1, 0.15) is 5.76 Å². The van der Waals surface area contributed by atoms with E-state index >= 15 is 0 Å². The van der Waals surface area contributed by atoms with E-state index in [0.29, 0.717) is 11.5 Å². The molecule has 0 aliphatic heterocycles. The van der Waals surface area contributed by atoms with Crippen LogP contribution >= 0.6 is 0 Å². The second-order valence-electron chi connectivity index (χ2n) is 5.54. The molecule has 7 nitrogen and oxygen atoms in total. The van der Waals surface area contributed by atoms with E-state index in [1.54, 1.807) is 27.9 Å². The Morgan fingerprint density at radius 2 is 2.00 bits per heavy atom. The first-order chi connectivity index (χ1) is 12.2. The molecule has 0 N–H and O–H groups in total. The van der Waals surface area contributed by atoms with Gasteiger partial charge in [0, 0.05) is 17.6 Å². The topological polar surface area (TPSA) is 76.5 Å². The fourth-order valence-corrected chi connectivity index (χ4v) is 2.56. The summed E-state index contributed by atoms with van der Waals surface area (Å²) in [6.45, 7) is 2.17. The fraction of sp³-hybridized carbons (Fsp3) is 0.111. The second-order valence-corrected chi connectivity index (χ2v) is 5.54. The molecule has 3 heterocycles. The lowest BCUT2D eigenvalue weighted by molar-refractivity contribution is 0.0973. The maximum atomic E-state index is 13.1. The highest BCUT2D eigenvalue weighted by atomic mass is 16.3. The zero-order valence-corrected chi connectivity index (χ0v) is 13.5. The number of anilines is 1. The zero-order chi connectivity index (χ0) is 17.2. The van der Waals surface area contributed by atoms with Gasteiger partial charge in [-0.25, -0.2) is 9.50 Å². The van der Waals surface area contributed by atoms with Crippen molar-refractivity contribution in [3.63, 3.8) is 0 Å². The number of hydrogen-bond acceptors (Lipinski definition) is 5. The molecular weight excluding hydrogens is 318 g/mol. The number of benzene rings is 1. The first-order valence-corrected chi connectivity index (χ1v) is 7.80. The monoisotopic (exact) mass is 333 g/mol. The van der Waals surface area contributed by atoms with Crippen LogP contribution < -0.4 is 4.90 Å². The molecule has 124 valence electrons. The third kappa shape index (κ3) is 2.87. The van der Waals surface area contributed by atoms with E-state index in [1.807, 2.05) is 49.4 Å². The number of nitrogens with zero attached hydrogens (tertiary/aromatic N) is 5. The van der Waals surface area contributed by atoms with Gasteiger partial charge in [-0.2, -0.15) is 4.98 Å². The summed E-state index contributed by atoms with van der Waals surface area (Å²) >= 11 is 0. The van der Waals surface area contributed by atoms with Gasteiger partial charge in [-0.1, -0.05) is 18.2 Å². The first kappa shape index (κ1) is 15.1. The number of amides is 1. The van der Waals surface area contributed by atoms with Gasteiger partial charge in [0.25, 0.3) is 11.7 Å². The van der Waals surface area contributed by atoms with Gasteiger partial charge in [-0.3, -0.25) is 9.69 Å². The lowest BCUT2D eigenvalue weighted by Crippen LogP contribution is -2.31. The van der Waals surface area contributed by atoms with Gasteiger partial charge < -0.3 is 4.42 Å². The van der Waals surface area contributed by atoms with Crippen LogP contribution in [0.4, 0.5) is 5.69 Å². The van der Waals surface area contributed by atoms with E-state index in [1.165, 1.54) is 0 Å². The molecule has 25 heavy (non-hydrogen) atoms. The fourth-order valence-electron chi connectivity index (χ4n) is 2.56. The van der Waals surface area contributed by atoms with Gasteiger partial charge >= 0.3 is 0 Å². The Morgan fingerprint density at radius 1 is 1.16 bits per heavy atom. The van der Waals surface area contributed by atoms with Crippen molar-refractivity contribution < 1.29 is 9.21 Å². The Kier molecular flexibility index (Phi) is 3.74. The minimum Gasteiger partial charge on any atom is -0.467 e. The second kappa shape index (κ2) is 6.20. The molecule has 0 radical (unpaired) electrons. The molecule has 4 aromatic rings. The molecule has 0 atom stereocenters. The Labute approximate surface area is 143 Å². The maximum absolute atomic E-state index is 13.1.